The molecule has 3 amide bonds. The Morgan fingerprint density at radius 1 is 1.38 bits per heavy atom. The number of carbonyl (C=O) groups is 3. The Labute approximate surface area is 152 Å². The fourth-order valence-corrected chi connectivity index (χ4v) is 3.97. The van der Waals surface area contributed by atoms with E-state index in [2.05, 4.69) is 10.3 Å². The second kappa shape index (κ2) is 7.09. The number of oxazole rings is 1. The highest BCUT2D eigenvalue weighted by Gasteiger charge is 2.47. The molecule has 2 fully saturated rings. The van der Waals surface area contributed by atoms with Crippen LogP contribution in [0.4, 0.5) is 0 Å². The van der Waals surface area contributed by atoms with E-state index in [0.29, 0.717) is 31.6 Å². The van der Waals surface area contributed by atoms with Gasteiger partial charge in [-0.2, -0.15) is 0 Å². The summed E-state index contributed by atoms with van der Waals surface area (Å²) in [7, 11) is 0. The van der Waals surface area contributed by atoms with Crippen LogP contribution in [0, 0.1) is 12.8 Å². The van der Waals surface area contributed by atoms with Gasteiger partial charge in [-0.3, -0.25) is 14.4 Å². The lowest BCUT2D eigenvalue weighted by Crippen LogP contribution is -2.61. The third-order valence-electron chi connectivity index (χ3n) is 5.07. The Bertz CT molecular complexity index is 714. The standard InChI is InChI=1S/C18H26N4O4/c1-10(2)5-15-17(24)21-7-13(20-12(4)23)6-14(21)8-22(15)18(25)16-11(3)19-9-26-16/h9-10,13-15H,5-8H2,1-4H3,(H,20,23)/t13-,14-,15-/m0/s1. The van der Waals surface area contributed by atoms with Crippen LogP contribution >= 0.6 is 0 Å². The van der Waals surface area contributed by atoms with Crippen LogP contribution in [0.25, 0.3) is 0 Å². The summed E-state index contributed by atoms with van der Waals surface area (Å²) in [6, 6.07) is -0.669. The number of piperazine rings is 1. The van der Waals surface area contributed by atoms with E-state index in [1.807, 2.05) is 18.7 Å². The van der Waals surface area contributed by atoms with E-state index in [1.54, 1.807) is 11.8 Å². The molecular weight excluding hydrogens is 336 g/mol. The van der Waals surface area contributed by atoms with Gasteiger partial charge in [0.2, 0.25) is 17.6 Å². The average molecular weight is 362 g/mol. The minimum absolute atomic E-state index is 0.0479. The number of carbonyl (C=O) groups excluding carboxylic acids is 3. The first-order chi connectivity index (χ1) is 12.3. The van der Waals surface area contributed by atoms with E-state index in [9.17, 15) is 14.4 Å². The smallest absolute Gasteiger partial charge is 0.292 e. The molecule has 0 saturated carbocycles. The fourth-order valence-electron chi connectivity index (χ4n) is 3.97. The van der Waals surface area contributed by atoms with Crippen molar-refractivity contribution in [2.24, 2.45) is 5.92 Å². The van der Waals surface area contributed by atoms with Gasteiger partial charge in [0.25, 0.3) is 5.91 Å². The predicted octanol–water partition coefficient (Wildman–Crippen LogP) is 0.959. The first-order valence-electron chi connectivity index (χ1n) is 9.06. The van der Waals surface area contributed by atoms with Crippen molar-refractivity contribution in [3.05, 3.63) is 17.8 Å². The lowest BCUT2D eigenvalue weighted by Gasteiger charge is -2.43. The largest absolute Gasteiger partial charge is 0.438 e. The lowest BCUT2D eigenvalue weighted by atomic mass is 9.96. The Balaban J connectivity index is 1.86. The Morgan fingerprint density at radius 2 is 2.12 bits per heavy atom. The predicted molar refractivity (Wildman–Crippen MR) is 93.2 cm³/mol. The van der Waals surface area contributed by atoms with E-state index in [1.165, 1.54) is 13.3 Å². The molecule has 2 aliphatic heterocycles. The quantitative estimate of drug-likeness (QED) is 0.861. The van der Waals surface area contributed by atoms with Crippen molar-refractivity contribution in [3.8, 4) is 0 Å². The summed E-state index contributed by atoms with van der Waals surface area (Å²) >= 11 is 0. The number of amides is 3. The topological polar surface area (TPSA) is 95.7 Å². The number of nitrogens with one attached hydrogen (secondary N) is 1. The summed E-state index contributed by atoms with van der Waals surface area (Å²) in [5, 5.41) is 2.89. The Kier molecular flexibility index (Phi) is 5.02. The maximum absolute atomic E-state index is 13.1. The molecule has 8 nitrogen and oxygen atoms in total. The molecular formula is C18H26N4O4. The zero-order chi connectivity index (χ0) is 19.0. The van der Waals surface area contributed by atoms with Crippen molar-refractivity contribution >= 4 is 17.7 Å². The molecule has 2 aliphatic rings. The van der Waals surface area contributed by atoms with Crippen LogP contribution in [-0.4, -0.2) is 63.7 Å². The summed E-state index contributed by atoms with van der Waals surface area (Å²) in [5.41, 5.74) is 0.524. The highest BCUT2D eigenvalue weighted by atomic mass is 16.3. The van der Waals surface area contributed by atoms with Gasteiger partial charge in [-0.05, 0) is 25.7 Å². The van der Waals surface area contributed by atoms with Crippen molar-refractivity contribution in [2.75, 3.05) is 13.1 Å². The zero-order valence-electron chi connectivity index (χ0n) is 15.7. The molecule has 1 aromatic rings. The molecule has 26 heavy (non-hydrogen) atoms. The van der Waals surface area contributed by atoms with Crippen LogP contribution in [0.5, 0.6) is 0 Å². The highest BCUT2D eigenvalue weighted by Crippen LogP contribution is 2.30. The van der Waals surface area contributed by atoms with Crippen LogP contribution in [0.15, 0.2) is 10.8 Å². The number of rotatable bonds is 4. The normalized spacial score (nSPS) is 25.6. The van der Waals surface area contributed by atoms with Crippen molar-refractivity contribution in [1.82, 2.24) is 20.1 Å². The molecule has 0 bridgehead atoms. The molecule has 0 aliphatic carbocycles. The maximum Gasteiger partial charge on any atom is 0.292 e. The summed E-state index contributed by atoms with van der Waals surface area (Å²) in [6.45, 7) is 8.20. The fraction of sp³-hybridized carbons (Fsp3) is 0.667. The minimum Gasteiger partial charge on any atom is -0.438 e. The molecule has 8 heteroatoms. The molecule has 142 valence electrons. The van der Waals surface area contributed by atoms with Crippen LogP contribution in [0.1, 0.15) is 49.9 Å². The summed E-state index contributed by atoms with van der Waals surface area (Å²) < 4.78 is 5.27. The molecule has 1 aromatic heterocycles. The molecule has 0 unspecified atom stereocenters. The first-order valence-corrected chi connectivity index (χ1v) is 9.06. The summed E-state index contributed by atoms with van der Waals surface area (Å²) in [6.07, 6.45) is 2.49. The van der Waals surface area contributed by atoms with Gasteiger partial charge in [0.1, 0.15) is 6.04 Å². The second-order valence-corrected chi connectivity index (χ2v) is 7.65. The van der Waals surface area contributed by atoms with E-state index >= 15 is 0 Å². The zero-order valence-corrected chi connectivity index (χ0v) is 15.7. The minimum atomic E-state index is -0.515. The van der Waals surface area contributed by atoms with Gasteiger partial charge in [-0.15, -0.1) is 0 Å². The summed E-state index contributed by atoms with van der Waals surface area (Å²) in [5.74, 6) is 0.0120. The molecule has 0 aromatic carbocycles. The monoisotopic (exact) mass is 362 g/mol. The third-order valence-corrected chi connectivity index (χ3v) is 5.07. The van der Waals surface area contributed by atoms with Gasteiger partial charge in [0.05, 0.1) is 11.7 Å². The molecule has 3 heterocycles. The van der Waals surface area contributed by atoms with E-state index < -0.39 is 6.04 Å². The van der Waals surface area contributed by atoms with Gasteiger partial charge in [0, 0.05) is 26.1 Å². The highest BCUT2D eigenvalue weighted by molar-refractivity contribution is 5.97. The number of aromatic nitrogens is 1. The van der Waals surface area contributed by atoms with Crippen molar-refractivity contribution in [3.63, 3.8) is 0 Å². The number of hydrogen-bond donors (Lipinski definition) is 1. The molecule has 3 atom stereocenters. The Morgan fingerprint density at radius 3 is 2.69 bits per heavy atom. The Hall–Kier alpha value is -2.38. The van der Waals surface area contributed by atoms with E-state index in [4.69, 9.17) is 4.42 Å². The SMILES string of the molecule is CC(=O)N[C@H]1C[C@H]2CN(C(=O)c3ocnc3C)[C@@H](CC(C)C)C(=O)N2C1. The molecule has 2 saturated heterocycles. The number of aryl methyl sites for hydroxylation is 1. The van der Waals surface area contributed by atoms with Gasteiger partial charge >= 0.3 is 0 Å². The van der Waals surface area contributed by atoms with Crippen molar-refractivity contribution in [1.29, 1.82) is 0 Å². The van der Waals surface area contributed by atoms with Crippen molar-refractivity contribution in [2.45, 2.75) is 58.7 Å². The van der Waals surface area contributed by atoms with Gasteiger partial charge in [-0.1, -0.05) is 13.8 Å². The maximum atomic E-state index is 13.1. The van der Waals surface area contributed by atoms with Gasteiger partial charge < -0.3 is 19.5 Å². The number of nitrogens with zero attached hydrogens (tertiary/aromatic N) is 3. The molecule has 0 spiro atoms. The van der Waals surface area contributed by atoms with Gasteiger partial charge in [0.15, 0.2) is 6.39 Å². The van der Waals surface area contributed by atoms with Crippen LogP contribution in [-0.2, 0) is 9.59 Å². The second-order valence-electron chi connectivity index (χ2n) is 7.65. The summed E-state index contributed by atoms with van der Waals surface area (Å²) in [4.78, 5) is 44.9. The first kappa shape index (κ1) is 18.4. The van der Waals surface area contributed by atoms with Crippen LogP contribution < -0.4 is 5.32 Å². The molecule has 0 radical (unpaired) electrons. The number of hydrogen-bond acceptors (Lipinski definition) is 5. The third kappa shape index (κ3) is 3.45. The van der Waals surface area contributed by atoms with Crippen LogP contribution in [0.3, 0.4) is 0 Å². The number of fused-ring (bicyclic) bond motifs is 1. The van der Waals surface area contributed by atoms with E-state index in [-0.39, 0.29) is 41.5 Å². The molecule has 3 rings (SSSR count). The molecule has 1 N–H and O–H groups in total. The lowest BCUT2D eigenvalue weighted by molar-refractivity contribution is -0.142. The van der Waals surface area contributed by atoms with E-state index in [0.717, 1.165) is 0 Å². The van der Waals surface area contributed by atoms with Crippen molar-refractivity contribution < 1.29 is 18.8 Å². The average Bonchev–Trinajstić information content (AvgIpc) is 3.14. The van der Waals surface area contributed by atoms with Gasteiger partial charge in [-0.25, -0.2) is 4.98 Å². The van der Waals surface area contributed by atoms with Crippen LogP contribution in [0.2, 0.25) is 0 Å².